The maximum absolute atomic E-state index is 13.0. The molecule has 0 aliphatic heterocycles. The molecule has 4 aromatic rings. The van der Waals surface area contributed by atoms with E-state index in [1.807, 2.05) is 69.3 Å². The Hall–Kier alpha value is -4.41. The third-order valence-corrected chi connectivity index (χ3v) is 7.66. The lowest BCUT2D eigenvalue weighted by molar-refractivity contribution is -0.138. The quantitative estimate of drug-likeness (QED) is 0.107. The van der Waals surface area contributed by atoms with Crippen molar-refractivity contribution in [2.45, 2.75) is 77.3 Å². The molecule has 0 spiro atoms. The summed E-state index contributed by atoms with van der Waals surface area (Å²) in [5.41, 5.74) is 5.20. The summed E-state index contributed by atoms with van der Waals surface area (Å²) in [5, 5.41) is 12.0. The number of hydrogen-bond donors (Lipinski definition) is 4. The van der Waals surface area contributed by atoms with Gasteiger partial charge in [-0.3, -0.25) is 9.59 Å². The molecule has 0 bridgehead atoms. The highest BCUT2D eigenvalue weighted by molar-refractivity contribution is 5.77. The number of carbonyl (C=O) groups excluding carboxylic acids is 1. The third kappa shape index (κ3) is 9.79. The Morgan fingerprint density at radius 3 is 1.69 bits per heavy atom. The molecule has 4 N–H and O–H groups in total. The minimum Gasteiger partial charge on any atom is -0.481 e. The molecule has 4 rings (SSSR count). The highest BCUT2D eigenvalue weighted by Crippen LogP contribution is 2.32. The molecule has 2 aromatic carbocycles. The van der Waals surface area contributed by atoms with E-state index in [0.29, 0.717) is 23.9 Å². The number of aliphatic carboxylic acids is 1. The van der Waals surface area contributed by atoms with Crippen LogP contribution < -0.4 is 5.32 Å². The van der Waals surface area contributed by atoms with Crippen LogP contribution in [0.15, 0.2) is 60.9 Å². The summed E-state index contributed by atoms with van der Waals surface area (Å²) in [5.74, 6) is -0.719. The van der Waals surface area contributed by atoms with Crippen molar-refractivity contribution in [3.8, 4) is 33.6 Å². The van der Waals surface area contributed by atoms with Crippen molar-refractivity contribution in [1.29, 1.82) is 0 Å². The number of carboxylic acids is 1. The maximum atomic E-state index is 13.0. The predicted molar refractivity (Wildman–Crippen MR) is 167 cm³/mol. The molecule has 0 aliphatic carbocycles. The topological polar surface area (TPSA) is 124 Å². The molecular weight excluding hydrogens is 583 g/mol. The normalized spacial score (nSPS) is 13.1. The molecule has 0 saturated heterocycles. The highest BCUT2D eigenvalue weighted by Gasteiger charge is 2.30. The Morgan fingerprint density at radius 2 is 1.27 bits per heavy atom. The van der Waals surface area contributed by atoms with Crippen molar-refractivity contribution >= 4 is 11.9 Å². The average molecular weight is 624 g/mol. The lowest BCUT2D eigenvalue weighted by atomic mass is 9.97. The number of amides is 1. The molecule has 2 aromatic heterocycles. The maximum Gasteiger partial charge on any atom is 0.389 e. The first kappa shape index (κ1) is 33.5. The van der Waals surface area contributed by atoms with Gasteiger partial charge in [-0.25, -0.2) is 9.97 Å². The first-order valence-electron chi connectivity index (χ1n) is 15.3. The zero-order valence-corrected chi connectivity index (χ0v) is 25.7. The fourth-order valence-electron chi connectivity index (χ4n) is 5.25. The van der Waals surface area contributed by atoms with Crippen LogP contribution in [0.5, 0.6) is 0 Å². The largest absolute Gasteiger partial charge is 0.481 e. The first-order valence-corrected chi connectivity index (χ1v) is 15.3. The zero-order valence-electron chi connectivity index (χ0n) is 25.7. The van der Waals surface area contributed by atoms with Crippen LogP contribution in [0.1, 0.15) is 82.8 Å². The lowest BCUT2D eigenvalue weighted by Gasteiger charge is -2.16. The number of nitrogens with one attached hydrogen (secondary N) is 3. The van der Waals surface area contributed by atoms with E-state index in [2.05, 4.69) is 25.3 Å². The second-order valence-corrected chi connectivity index (χ2v) is 11.9. The van der Waals surface area contributed by atoms with Crippen molar-refractivity contribution in [1.82, 2.24) is 25.3 Å². The number of carbonyl (C=O) groups is 2. The van der Waals surface area contributed by atoms with Crippen molar-refractivity contribution in [2.75, 3.05) is 6.54 Å². The molecule has 0 aliphatic rings. The number of carboxylic acid groups (broad SMARTS) is 1. The van der Waals surface area contributed by atoms with Gasteiger partial charge in [0, 0.05) is 31.2 Å². The van der Waals surface area contributed by atoms with E-state index in [-0.39, 0.29) is 37.0 Å². The zero-order chi connectivity index (χ0) is 32.6. The second-order valence-electron chi connectivity index (χ2n) is 11.9. The number of benzene rings is 2. The summed E-state index contributed by atoms with van der Waals surface area (Å²) in [7, 11) is 0. The number of rotatable bonds is 15. The number of aromatic amines is 2. The van der Waals surface area contributed by atoms with Crippen LogP contribution >= 0.6 is 0 Å². The third-order valence-electron chi connectivity index (χ3n) is 7.66. The number of aromatic nitrogens is 4. The number of H-pyrrole nitrogens is 2. The van der Waals surface area contributed by atoms with Gasteiger partial charge in [0.25, 0.3) is 0 Å². The fraction of sp³-hybridized carbons (Fsp3) is 0.412. The number of hydrogen-bond acceptors (Lipinski definition) is 4. The number of nitrogens with zero attached hydrogens (tertiary/aromatic N) is 2. The smallest absolute Gasteiger partial charge is 0.389 e. The molecule has 11 heteroatoms. The molecule has 0 fully saturated rings. The van der Waals surface area contributed by atoms with Crippen LogP contribution in [0.25, 0.3) is 33.6 Å². The summed E-state index contributed by atoms with van der Waals surface area (Å²) in [6.45, 7) is 6.38. The molecule has 240 valence electrons. The Morgan fingerprint density at radius 1 is 0.800 bits per heavy atom. The van der Waals surface area contributed by atoms with Gasteiger partial charge in [0.05, 0.1) is 30.2 Å². The minimum atomic E-state index is -4.32. The summed E-state index contributed by atoms with van der Waals surface area (Å²) in [4.78, 5) is 38.9. The van der Waals surface area contributed by atoms with Crippen molar-refractivity contribution in [3.05, 3.63) is 72.6 Å². The van der Waals surface area contributed by atoms with Gasteiger partial charge in [-0.2, -0.15) is 13.2 Å². The van der Waals surface area contributed by atoms with E-state index in [1.54, 1.807) is 12.4 Å². The first-order chi connectivity index (χ1) is 21.4. The molecular formula is C34H40F3N5O3. The fourth-order valence-corrected chi connectivity index (χ4v) is 5.25. The summed E-state index contributed by atoms with van der Waals surface area (Å²) in [6, 6.07) is 15.7. The van der Waals surface area contributed by atoms with Gasteiger partial charge in [0.15, 0.2) is 0 Å². The number of halogens is 3. The Labute approximate surface area is 260 Å². The van der Waals surface area contributed by atoms with E-state index in [0.717, 1.165) is 40.8 Å². The van der Waals surface area contributed by atoms with Crippen LogP contribution in [-0.2, 0) is 9.59 Å². The SMILES string of the molecule is CCC[C@H](CC(=O)O)c1ncc(-c2ccc(-c3ccc(-c4cnc([C@H](CCC(F)(F)F)CC(=O)NCC(C)C)[nH]4)cc3)cc2)[nH]1. The van der Waals surface area contributed by atoms with Gasteiger partial charge < -0.3 is 20.4 Å². The molecule has 2 heterocycles. The van der Waals surface area contributed by atoms with Gasteiger partial charge in [0.2, 0.25) is 5.91 Å². The van der Waals surface area contributed by atoms with Gasteiger partial charge in [-0.15, -0.1) is 0 Å². The molecule has 45 heavy (non-hydrogen) atoms. The van der Waals surface area contributed by atoms with Crippen molar-refractivity contribution < 1.29 is 27.9 Å². The van der Waals surface area contributed by atoms with Crippen molar-refractivity contribution in [2.24, 2.45) is 5.92 Å². The average Bonchev–Trinajstić information content (AvgIpc) is 3.69. The second kappa shape index (κ2) is 15.0. The molecule has 0 radical (unpaired) electrons. The highest BCUT2D eigenvalue weighted by atomic mass is 19.4. The van der Waals surface area contributed by atoms with Gasteiger partial charge in [-0.1, -0.05) is 75.7 Å². The summed E-state index contributed by atoms with van der Waals surface area (Å²) >= 11 is 0. The van der Waals surface area contributed by atoms with Gasteiger partial charge in [-0.05, 0) is 41.0 Å². The monoisotopic (exact) mass is 623 g/mol. The van der Waals surface area contributed by atoms with Crippen LogP contribution in [0.4, 0.5) is 13.2 Å². The Balaban J connectivity index is 1.45. The standard InChI is InChI=1S/C34H40F3N5O3/c1-4-5-26(17-31(44)45)32-39-19-28(41-32)24-10-6-22(7-11-24)23-8-12-25(13-9-23)29-20-40-33(42-29)27(14-15-34(35,36)37)16-30(43)38-18-21(2)3/h6-13,19-21,26-27H,4-5,14-18H2,1-3H3,(H,38,43)(H,39,41)(H,40,42)(H,44,45)/t26-,27-/m1/s1. The van der Waals surface area contributed by atoms with E-state index < -0.39 is 24.5 Å². The van der Waals surface area contributed by atoms with Crippen LogP contribution in [0, 0.1) is 5.92 Å². The number of imidazole rings is 2. The van der Waals surface area contributed by atoms with E-state index in [4.69, 9.17) is 0 Å². The van der Waals surface area contributed by atoms with E-state index in [1.165, 1.54) is 0 Å². The lowest BCUT2D eigenvalue weighted by Crippen LogP contribution is -2.29. The van der Waals surface area contributed by atoms with Crippen LogP contribution in [-0.4, -0.2) is 49.6 Å². The van der Waals surface area contributed by atoms with Gasteiger partial charge in [0.1, 0.15) is 11.6 Å². The Kier molecular flexibility index (Phi) is 11.2. The molecule has 0 saturated carbocycles. The number of alkyl halides is 3. The molecule has 1 amide bonds. The van der Waals surface area contributed by atoms with E-state index in [9.17, 15) is 27.9 Å². The summed E-state index contributed by atoms with van der Waals surface area (Å²) < 4.78 is 39.1. The Bertz CT molecular complexity index is 1540. The summed E-state index contributed by atoms with van der Waals surface area (Å²) in [6.07, 6.45) is -0.676. The predicted octanol–water partition coefficient (Wildman–Crippen LogP) is 8.08. The minimum absolute atomic E-state index is 0.0316. The van der Waals surface area contributed by atoms with E-state index >= 15 is 0 Å². The molecule has 8 nitrogen and oxygen atoms in total. The van der Waals surface area contributed by atoms with Gasteiger partial charge >= 0.3 is 12.1 Å². The van der Waals surface area contributed by atoms with Crippen LogP contribution in [0.3, 0.4) is 0 Å². The molecule has 2 atom stereocenters. The molecule has 0 unspecified atom stereocenters. The van der Waals surface area contributed by atoms with Crippen molar-refractivity contribution in [3.63, 3.8) is 0 Å². The van der Waals surface area contributed by atoms with Crippen LogP contribution in [0.2, 0.25) is 0 Å².